The van der Waals surface area contributed by atoms with Gasteiger partial charge in [-0.15, -0.1) is 0 Å². The normalized spacial score (nSPS) is 19.4. The van der Waals surface area contributed by atoms with Crippen LogP contribution >= 0.6 is 15.9 Å². The molecule has 1 aliphatic heterocycles. The van der Waals surface area contributed by atoms with Crippen LogP contribution in [0, 0.1) is 5.92 Å². The number of carbonyl (C=O) groups is 1. The summed E-state index contributed by atoms with van der Waals surface area (Å²) in [6, 6.07) is 1.96. The lowest BCUT2D eigenvalue weighted by Crippen LogP contribution is -2.47. The number of alkyl halides is 3. The van der Waals surface area contributed by atoms with E-state index in [4.69, 9.17) is 0 Å². The summed E-state index contributed by atoms with van der Waals surface area (Å²) in [5, 5.41) is 0. The Bertz CT molecular complexity index is 559. The Hall–Kier alpha value is -1.02. The number of hydrogen-bond acceptors (Lipinski definition) is 2. The number of piperidine rings is 1. The Morgan fingerprint density at radius 2 is 2.17 bits per heavy atom. The van der Waals surface area contributed by atoms with E-state index in [-0.39, 0.29) is 25.4 Å². The Kier molecular flexibility index (Phi) is 5.78. The summed E-state index contributed by atoms with van der Waals surface area (Å²) in [6.45, 7) is 0.874. The summed E-state index contributed by atoms with van der Waals surface area (Å²) >= 11 is 3.39. The summed E-state index contributed by atoms with van der Waals surface area (Å²) in [5.41, 5.74) is 1.03. The van der Waals surface area contributed by atoms with Gasteiger partial charge in [0.05, 0.1) is 12.5 Å². The van der Waals surface area contributed by atoms with Crippen molar-refractivity contribution < 1.29 is 18.0 Å². The average molecular weight is 396 g/mol. The molecule has 0 bridgehead atoms. The zero-order valence-electron chi connectivity index (χ0n) is 13.2. The second-order valence-corrected chi connectivity index (χ2v) is 7.07. The highest BCUT2D eigenvalue weighted by molar-refractivity contribution is 9.10. The number of hydrogen-bond donors (Lipinski definition) is 0. The molecule has 23 heavy (non-hydrogen) atoms. The molecule has 0 aromatic carbocycles. The van der Waals surface area contributed by atoms with E-state index in [0.29, 0.717) is 19.5 Å². The van der Waals surface area contributed by atoms with E-state index in [1.807, 2.05) is 28.8 Å². The lowest BCUT2D eigenvalue weighted by molar-refractivity contribution is -0.188. The minimum absolute atomic E-state index is 0.112. The first-order valence-corrected chi connectivity index (χ1v) is 8.30. The Morgan fingerprint density at radius 1 is 1.48 bits per heavy atom. The maximum atomic E-state index is 12.8. The first-order chi connectivity index (χ1) is 10.7. The second-order valence-electron chi connectivity index (χ2n) is 6.15. The maximum absolute atomic E-state index is 12.8. The fourth-order valence-electron chi connectivity index (χ4n) is 2.86. The number of rotatable bonds is 4. The number of carbonyl (C=O) groups excluding carboxylic acids is 1. The van der Waals surface area contributed by atoms with Crippen LogP contribution in [0.4, 0.5) is 13.2 Å². The number of aryl methyl sites for hydroxylation is 1. The molecule has 1 aromatic rings. The van der Waals surface area contributed by atoms with Crippen LogP contribution in [0.2, 0.25) is 0 Å². The first-order valence-electron chi connectivity index (χ1n) is 7.50. The summed E-state index contributed by atoms with van der Waals surface area (Å²) < 4.78 is 41.4. The fourth-order valence-corrected chi connectivity index (χ4v) is 3.43. The number of nitrogens with zero attached hydrogens (tertiary/aromatic N) is 3. The third-order valence-electron chi connectivity index (χ3n) is 4.15. The van der Waals surface area contributed by atoms with Gasteiger partial charge in [-0.25, -0.2) is 0 Å². The van der Waals surface area contributed by atoms with E-state index in [1.54, 1.807) is 7.05 Å². The van der Waals surface area contributed by atoms with Gasteiger partial charge >= 0.3 is 6.18 Å². The molecule has 1 amide bonds. The molecule has 1 atom stereocenters. The van der Waals surface area contributed by atoms with Crippen molar-refractivity contribution in [1.82, 2.24) is 14.4 Å². The topological polar surface area (TPSA) is 28.5 Å². The van der Waals surface area contributed by atoms with Crippen molar-refractivity contribution >= 4 is 21.8 Å². The molecule has 1 fully saturated rings. The van der Waals surface area contributed by atoms with Gasteiger partial charge in [0.2, 0.25) is 5.91 Å². The van der Waals surface area contributed by atoms with Crippen molar-refractivity contribution in [2.24, 2.45) is 13.0 Å². The zero-order valence-corrected chi connectivity index (χ0v) is 14.8. The van der Waals surface area contributed by atoms with Crippen molar-refractivity contribution in [2.45, 2.75) is 25.6 Å². The van der Waals surface area contributed by atoms with Gasteiger partial charge in [0.1, 0.15) is 0 Å². The minimum atomic E-state index is -4.22. The van der Waals surface area contributed by atoms with Crippen LogP contribution in [-0.2, 0) is 18.4 Å². The molecule has 0 unspecified atom stereocenters. The van der Waals surface area contributed by atoms with Crippen molar-refractivity contribution in [3.8, 4) is 0 Å². The van der Waals surface area contributed by atoms with Crippen LogP contribution in [0.5, 0.6) is 0 Å². The van der Waals surface area contributed by atoms with E-state index < -0.39 is 12.1 Å². The van der Waals surface area contributed by atoms with E-state index in [0.717, 1.165) is 10.2 Å². The molecule has 1 aromatic heterocycles. The summed E-state index contributed by atoms with van der Waals surface area (Å²) in [7, 11) is 3.71. The number of amides is 1. The Balaban J connectivity index is 1.89. The molecule has 0 radical (unpaired) electrons. The first kappa shape index (κ1) is 18.3. The molecule has 1 aliphatic rings. The van der Waals surface area contributed by atoms with Gasteiger partial charge < -0.3 is 9.47 Å². The Labute approximate surface area is 142 Å². The second kappa shape index (κ2) is 7.25. The molecule has 2 heterocycles. The van der Waals surface area contributed by atoms with E-state index in [9.17, 15) is 18.0 Å². The van der Waals surface area contributed by atoms with Crippen LogP contribution in [0.1, 0.15) is 18.5 Å². The molecule has 130 valence electrons. The average Bonchev–Trinajstić information content (AvgIpc) is 2.75. The van der Waals surface area contributed by atoms with Gasteiger partial charge in [-0.2, -0.15) is 13.2 Å². The molecule has 0 spiro atoms. The third-order valence-corrected chi connectivity index (χ3v) is 4.58. The molecular weight excluding hydrogens is 375 g/mol. The molecule has 0 saturated carbocycles. The fraction of sp³-hybridized carbons (Fsp3) is 0.667. The third kappa shape index (κ3) is 4.97. The van der Waals surface area contributed by atoms with Crippen LogP contribution in [0.3, 0.4) is 0 Å². The lowest BCUT2D eigenvalue weighted by atomic mass is 9.97. The van der Waals surface area contributed by atoms with Crippen molar-refractivity contribution in [3.63, 3.8) is 0 Å². The molecule has 4 nitrogen and oxygen atoms in total. The monoisotopic (exact) mass is 395 g/mol. The van der Waals surface area contributed by atoms with Gasteiger partial charge in [0.25, 0.3) is 0 Å². The van der Waals surface area contributed by atoms with E-state index in [1.165, 1.54) is 4.90 Å². The van der Waals surface area contributed by atoms with Crippen LogP contribution in [-0.4, -0.2) is 53.1 Å². The predicted molar refractivity (Wildman–Crippen MR) is 84.8 cm³/mol. The van der Waals surface area contributed by atoms with Crippen molar-refractivity contribution in [2.75, 3.05) is 26.7 Å². The highest BCUT2D eigenvalue weighted by Gasteiger charge is 2.42. The van der Waals surface area contributed by atoms with Crippen LogP contribution in [0.15, 0.2) is 16.7 Å². The van der Waals surface area contributed by atoms with Crippen molar-refractivity contribution in [1.29, 1.82) is 0 Å². The Morgan fingerprint density at radius 3 is 2.74 bits per heavy atom. The largest absolute Gasteiger partial charge is 0.393 e. The SMILES string of the molecule is CN(CC(=O)N1CCC[C@@H](C(F)(F)F)C1)Cc1cc(Br)cn1C. The quantitative estimate of drug-likeness (QED) is 0.783. The molecule has 1 saturated heterocycles. The minimum Gasteiger partial charge on any atom is -0.352 e. The van der Waals surface area contributed by atoms with Crippen LogP contribution in [0.25, 0.3) is 0 Å². The highest BCUT2D eigenvalue weighted by Crippen LogP contribution is 2.33. The number of likely N-dealkylation sites (tertiary alicyclic amines) is 1. The zero-order chi connectivity index (χ0) is 17.2. The van der Waals surface area contributed by atoms with Crippen molar-refractivity contribution in [3.05, 3.63) is 22.4 Å². The maximum Gasteiger partial charge on any atom is 0.393 e. The molecule has 0 aliphatic carbocycles. The summed E-state index contributed by atoms with van der Waals surface area (Å²) in [4.78, 5) is 15.4. The molecule has 8 heteroatoms. The van der Waals surface area contributed by atoms with E-state index in [2.05, 4.69) is 15.9 Å². The molecule has 0 N–H and O–H groups in total. The number of halogens is 4. The highest BCUT2D eigenvalue weighted by atomic mass is 79.9. The smallest absolute Gasteiger partial charge is 0.352 e. The van der Waals surface area contributed by atoms with Gasteiger partial charge in [0.15, 0.2) is 0 Å². The van der Waals surface area contributed by atoms with E-state index >= 15 is 0 Å². The summed E-state index contributed by atoms with van der Waals surface area (Å²) in [5.74, 6) is -1.64. The number of likely N-dealkylation sites (N-methyl/N-ethyl adjacent to an activating group) is 1. The predicted octanol–water partition coefficient (Wildman–Crippen LogP) is 3.02. The number of aromatic nitrogens is 1. The van der Waals surface area contributed by atoms with Gasteiger partial charge in [0, 0.05) is 43.0 Å². The van der Waals surface area contributed by atoms with Gasteiger partial charge in [-0.3, -0.25) is 9.69 Å². The van der Waals surface area contributed by atoms with Gasteiger partial charge in [-0.05, 0) is 41.9 Å². The summed E-state index contributed by atoms with van der Waals surface area (Å²) in [6.07, 6.45) is -1.78. The standard InChI is InChI=1S/C15H21BrF3N3O/c1-20(9-13-6-12(16)8-21(13)2)10-14(23)22-5-3-4-11(7-22)15(17,18)19/h6,8,11H,3-5,7,9-10H2,1-2H3/t11-/m1/s1. The molecular formula is C15H21BrF3N3O. The molecule has 2 rings (SSSR count). The van der Waals surface area contributed by atoms with Crippen LogP contribution < -0.4 is 0 Å². The van der Waals surface area contributed by atoms with Gasteiger partial charge in [-0.1, -0.05) is 0 Å². The lowest BCUT2D eigenvalue weighted by Gasteiger charge is -2.34.